The second kappa shape index (κ2) is 18.2. The topological polar surface area (TPSA) is 196 Å². The van der Waals surface area contributed by atoms with Crippen LogP contribution in [0.2, 0.25) is 0 Å². The largest absolute Gasteiger partial charge is 0.463 e. The van der Waals surface area contributed by atoms with Crippen molar-refractivity contribution in [3.63, 3.8) is 0 Å². The number of aliphatic hydroxyl groups excluding tert-OH is 7. The van der Waals surface area contributed by atoms with Gasteiger partial charge in [0.1, 0.15) is 55.9 Å². The molecule has 0 aromatic carbocycles. The molecule has 0 aliphatic carbocycles. The normalized spacial score (nSPS) is 34.7. The lowest BCUT2D eigenvalue weighted by atomic mass is 9.99. The molecule has 7 N–H and O–H groups in total. The fraction of sp³-hybridized carbons (Fsp3) is 0.821. The molecule has 0 amide bonds. The molecule has 0 spiro atoms. The number of allylic oxidation sites excluding steroid dienone is 4. The molecule has 12 nitrogen and oxygen atoms in total. The molecule has 0 saturated carbocycles. The Balaban J connectivity index is 1.70. The lowest BCUT2D eigenvalue weighted by molar-refractivity contribution is -0.383. The van der Waals surface area contributed by atoms with Crippen LogP contribution in [0.5, 0.6) is 0 Å². The molecule has 2 saturated heterocycles. The Kier molecular flexibility index (Phi) is 15.8. The summed E-state index contributed by atoms with van der Waals surface area (Å²) in [4.78, 5) is 12.2. The summed E-state index contributed by atoms with van der Waals surface area (Å²) in [6.45, 7) is 0.0618. The molecule has 0 radical (unpaired) electrons. The van der Waals surface area contributed by atoms with Crippen molar-refractivity contribution in [1.29, 1.82) is 0 Å². The van der Waals surface area contributed by atoms with Crippen molar-refractivity contribution in [2.75, 3.05) is 19.8 Å². The highest BCUT2D eigenvalue weighted by Gasteiger charge is 2.58. The standard InChI is InChI=1S/C28H48O12/c1-2-3-4-5-6-7-8-9-10-11-12-13-14-15-21(31)37-17-20-23(33)26(36)28(18-30,39-20)40-27-25(35)24(34)22(32)19(16-29)38-27/h6-7,9-10,19-20,22-27,29-30,32-36H,2-5,8,11-18H2,1H3/t19-,20-,22-,23-,24+,25-,26+,27-,28+/m1/s1. The van der Waals surface area contributed by atoms with Gasteiger partial charge in [0.05, 0.1) is 6.61 Å². The molecule has 0 unspecified atom stereocenters. The quantitative estimate of drug-likeness (QED) is 0.0666. The number of carbonyl (C=O) groups excluding carboxylic acids is 1. The highest BCUT2D eigenvalue weighted by Crippen LogP contribution is 2.36. The van der Waals surface area contributed by atoms with Crippen molar-refractivity contribution < 1.29 is 59.5 Å². The number of hydrogen-bond donors (Lipinski definition) is 7. The molecule has 2 aliphatic heterocycles. The summed E-state index contributed by atoms with van der Waals surface area (Å²) in [6.07, 6.45) is 5.00. The van der Waals surface area contributed by atoms with Gasteiger partial charge in [-0.25, -0.2) is 0 Å². The summed E-state index contributed by atoms with van der Waals surface area (Å²) in [5.41, 5.74) is 0. The second-order valence-corrected chi connectivity index (χ2v) is 10.3. The third-order valence-electron chi connectivity index (χ3n) is 7.13. The number of aliphatic hydroxyl groups is 7. The Morgan fingerprint density at radius 3 is 2.12 bits per heavy atom. The molecule has 0 aromatic heterocycles. The zero-order valence-electron chi connectivity index (χ0n) is 23.3. The van der Waals surface area contributed by atoms with Crippen molar-refractivity contribution >= 4 is 5.97 Å². The summed E-state index contributed by atoms with van der Waals surface area (Å²) in [5.74, 6) is -2.80. The van der Waals surface area contributed by atoms with E-state index >= 15 is 0 Å². The number of hydrogen-bond acceptors (Lipinski definition) is 12. The summed E-state index contributed by atoms with van der Waals surface area (Å²) in [5, 5.41) is 70.3. The van der Waals surface area contributed by atoms with Crippen LogP contribution in [0.15, 0.2) is 24.3 Å². The monoisotopic (exact) mass is 576 g/mol. The van der Waals surface area contributed by atoms with Crippen LogP contribution in [0.25, 0.3) is 0 Å². The van der Waals surface area contributed by atoms with Crippen LogP contribution in [-0.2, 0) is 23.7 Å². The third kappa shape index (κ3) is 10.1. The van der Waals surface area contributed by atoms with Gasteiger partial charge in [-0.05, 0) is 38.5 Å². The molecular formula is C28H48O12. The van der Waals surface area contributed by atoms with Gasteiger partial charge in [0.25, 0.3) is 0 Å². The Morgan fingerprint density at radius 2 is 1.50 bits per heavy atom. The Hall–Kier alpha value is -1.45. The van der Waals surface area contributed by atoms with E-state index in [1.54, 1.807) is 0 Å². The first-order valence-electron chi connectivity index (χ1n) is 14.3. The van der Waals surface area contributed by atoms with E-state index in [9.17, 15) is 40.5 Å². The van der Waals surface area contributed by atoms with Gasteiger partial charge in [-0.2, -0.15) is 0 Å². The van der Waals surface area contributed by atoms with Gasteiger partial charge in [0.2, 0.25) is 5.79 Å². The van der Waals surface area contributed by atoms with Crippen molar-refractivity contribution in [2.45, 2.75) is 126 Å². The Labute approximate surface area is 235 Å². The van der Waals surface area contributed by atoms with Crippen molar-refractivity contribution in [1.82, 2.24) is 0 Å². The van der Waals surface area contributed by atoms with Gasteiger partial charge < -0.3 is 54.7 Å². The molecule has 40 heavy (non-hydrogen) atoms. The molecule has 2 rings (SSSR count). The van der Waals surface area contributed by atoms with E-state index < -0.39 is 80.6 Å². The molecule has 232 valence electrons. The zero-order chi connectivity index (χ0) is 29.5. The minimum absolute atomic E-state index is 0.169. The zero-order valence-corrected chi connectivity index (χ0v) is 23.3. The Morgan fingerprint density at radius 1 is 0.825 bits per heavy atom. The van der Waals surface area contributed by atoms with Gasteiger partial charge in [-0.15, -0.1) is 0 Å². The van der Waals surface area contributed by atoms with E-state index in [0.717, 1.165) is 32.1 Å². The van der Waals surface area contributed by atoms with E-state index in [1.807, 2.05) is 0 Å². The predicted molar refractivity (Wildman–Crippen MR) is 143 cm³/mol. The molecule has 0 aromatic rings. The van der Waals surface area contributed by atoms with Gasteiger partial charge in [-0.1, -0.05) is 50.5 Å². The van der Waals surface area contributed by atoms with E-state index in [4.69, 9.17) is 18.9 Å². The molecule has 0 bridgehead atoms. The minimum Gasteiger partial charge on any atom is -0.463 e. The van der Waals surface area contributed by atoms with Crippen molar-refractivity contribution in [3.8, 4) is 0 Å². The van der Waals surface area contributed by atoms with Crippen molar-refractivity contribution in [2.24, 2.45) is 0 Å². The number of ether oxygens (including phenoxy) is 4. The molecule has 2 aliphatic rings. The maximum absolute atomic E-state index is 12.2. The summed E-state index contributed by atoms with van der Waals surface area (Å²) >= 11 is 0. The first-order chi connectivity index (χ1) is 19.2. The van der Waals surface area contributed by atoms with Gasteiger partial charge >= 0.3 is 5.97 Å². The lowest BCUT2D eigenvalue weighted by Crippen LogP contribution is -2.62. The summed E-state index contributed by atoms with van der Waals surface area (Å²) < 4.78 is 21.4. The molecular weight excluding hydrogens is 528 g/mol. The van der Waals surface area contributed by atoms with Crippen LogP contribution in [-0.4, -0.2) is 116 Å². The van der Waals surface area contributed by atoms with Gasteiger partial charge in [0, 0.05) is 6.42 Å². The van der Waals surface area contributed by atoms with Crippen LogP contribution in [0.1, 0.15) is 71.1 Å². The minimum atomic E-state index is -2.29. The maximum atomic E-state index is 12.2. The molecule has 2 fully saturated rings. The van der Waals surface area contributed by atoms with Crippen molar-refractivity contribution in [3.05, 3.63) is 24.3 Å². The number of unbranched alkanes of at least 4 members (excludes halogenated alkanes) is 6. The number of rotatable bonds is 18. The van der Waals surface area contributed by atoms with E-state index in [0.29, 0.717) is 6.42 Å². The third-order valence-corrected chi connectivity index (χ3v) is 7.13. The fourth-order valence-corrected chi connectivity index (χ4v) is 4.59. The maximum Gasteiger partial charge on any atom is 0.305 e. The number of carbonyl (C=O) groups is 1. The molecule has 12 heteroatoms. The second-order valence-electron chi connectivity index (χ2n) is 10.3. The van der Waals surface area contributed by atoms with E-state index in [1.165, 1.54) is 19.3 Å². The van der Waals surface area contributed by atoms with Crippen LogP contribution < -0.4 is 0 Å². The SMILES string of the molecule is CCCCCC=CCC=CCCCCCC(=O)OC[C@H]1O[C@@](CO)(O[C@H]2O[C@H](CO)[C@@H](O)[C@H](O)[C@H]2O)[C@@H](O)[C@@H]1O. The smallest absolute Gasteiger partial charge is 0.305 e. The van der Waals surface area contributed by atoms with Crippen LogP contribution in [0.4, 0.5) is 0 Å². The molecule has 9 atom stereocenters. The first-order valence-corrected chi connectivity index (χ1v) is 14.3. The van der Waals surface area contributed by atoms with E-state index in [-0.39, 0.29) is 6.42 Å². The lowest BCUT2D eigenvalue weighted by Gasteiger charge is -2.43. The van der Waals surface area contributed by atoms with Crippen LogP contribution in [0.3, 0.4) is 0 Å². The predicted octanol–water partition coefficient (Wildman–Crippen LogP) is 0.189. The highest BCUT2D eigenvalue weighted by atomic mass is 16.8. The van der Waals surface area contributed by atoms with Gasteiger partial charge in [-0.3, -0.25) is 4.79 Å². The average Bonchev–Trinajstić information content (AvgIpc) is 3.19. The molecule has 2 heterocycles. The highest BCUT2D eigenvalue weighted by molar-refractivity contribution is 5.69. The van der Waals surface area contributed by atoms with Gasteiger partial charge in [0.15, 0.2) is 6.29 Å². The first kappa shape index (κ1) is 34.7. The Bertz CT molecular complexity index is 774. The number of esters is 1. The van der Waals surface area contributed by atoms with Crippen LogP contribution in [0, 0.1) is 0 Å². The summed E-state index contributed by atoms with van der Waals surface area (Å²) in [6, 6.07) is 0. The fourth-order valence-electron chi connectivity index (χ4n) is 4.59. The average molecular weight is 577 g/mol. The van der Waals surface area contributed by atoms with E-state index in [2.05, 4.69) is 31.2 Å². The van der Waals surface area contributed by atoms with Crippen LogP contribution >= 0.6 is 0 Å². The summed E-state index contributed by atoms with van der Waals surface area (Å²) in [7, 11) is 0.